The van der Waals surface area contributed by atoms with Gasteiger partial charge in [0.2, 0.25) is 0 Å². The van der Waals surface area contributed by atoms with Crippen molar-refractivity contribution < 1.29 is 9.53 Å². The quantitative estimate of drug-likeness (QED) is 0.324. The van der Waals surface area contributed by atoms with Crippen molar-refractivity contribution in [3.8, 4) is 17.0 Å². The van der Waals surface area contributed by atoms with Gasteiger partial charge in [0.05, 0.1) is 30.6 Å². The second-order valence-corrected chi connectivity index (χ2v) is 9.18. The number of hydrogen-bond acceptors (Lipinski definition) is 6. The van der Waals surface area contributed by atoms with Crippen LogP contribution in [-0.4, -0.2) is 59.9 Å². The number of fused-ring (bicyclic) bond motifs is 1. The molecule has 0 bridgehead atoms. The van der Waals surface area contributed by atoms with Crippen molar-refractivity contribution in [1.29, 1.82) is 0 Å². The number of hydrogen-bond donors (Lipinski definition) is 2. The lowest BCUT2D eigenvalue weighted by molar-refractivity contribution is -0.118. The molecule has 7 nitrogen and oxygen atoms in total. The Bertz CT molecular complexity index is 1080. The van der Waals surface area contributed by atoms with Crippen LogP contribution in [0.5, 0.6) is 5.75 Å². The number of benzene rings is 1. The monoisotopic (exact) mass is 465 g/mol. The van der Waals surface area contributed by atoms with E-state index in [1.807, 2.05) is 32.2 Å². The number of carbonyl (C=O) groups excluding carboxylic acids is 1. The van der Waals surface area contributed by atoms with E-state index in [0.717, 1.165) is 78.2 Å². The lowest BCUT2D eigenvalue weighted by Crippen LogP contribution is -2.30. The van der Waals surface area contributed by atoms with Crippen LogP contribution in [0.2, 0.25) is 0 Å². The van der Waals surface area contributed by atoms with Gasteiger partial charge in [-0.25, -0.2) is 4.98 Å². The van der Waals surface area contributed by atoms with Crippen LogP contribution in [0.25, 0.3) is 22.2 Å². The van der Waals surface area contributed by atoms with Gasteiger partial charge in [0.1, 0.15) is 17.4 Å². The third-order valence-corrected chi connectivity index (χ3v) is 6.16. The first-order valence-electron chi connectivity index (χ1n) is 12.3. The number of nitrogens with zero attached hydrogens (tertiary/aromatic N) is 3. The molecule has 0 saturated heterocycles. The number of nitrogens with one attached hydrogen (secondary N) is 2. The molecule has 2 aromatic heterocycles. The summed E-state index contributed by atoms with van der Waals surface area (Å²) in [5.41, 5.74) is 3.81. The maximum absolute atomic E-state index is 11.6. The molecule has 34 heavy (non-hydrogen) atoms. The van der Waals surface area contributed by atoms with Gasteiger partial charge in [-0.3, -0.25) is 9.78 Å². The highest BCUT2D eigenvalue weighted by molar-refractivity contribution is 5.87. The van der Waals surface area contributed by atoms with Gasteiger partial charge in [-0.1, -0.05) is 25.8 Å². The highest BCUT2D eigenvalue weighted by Crippen LogP contribution is 2.33. The number of Topliss-reactive ketones (excluding diaryl/α,β-unsaturated/α-hetero) is 1. The van der Waals surface area contributed by atoms with Crippen LogP contribution in [0.1, 0.15) is 63.0 Å². The van der Waals surface area contributed by atoms with Gasteiger partial charge in [0, 0.05) is 48.6 Å². The Hall–Kier alpha value is -2.77. The van der Waals surface area contributed by atoms with Crippen molar-refractivity contribution in [2.75, 3.05) is 34.3 Å². The molecule has 0 fully saturated rings. The minimum Gasteiger partial charge on any atom is -0.496 e. The second-order valence-electron chi connectivity index (χ2n) is 9.18. The van der Waals surface area contributed by atoms with E-state index < -0.39 is 0 Å². The fourth-order valence-corrected chi connectivity index (χ4v) is 4.11. The molecule has 2 heterocycles. The molecule has 1 unspecified atom stereocenters. The average Bonchev–Trinajstić information content (AvgIpc) is 3.31. The van der Waals surface area contributed by atoms with Gasteiger partial charge < -0.3 is 19.9 Å². The molecule has 3 rings (SSSR count). The predicted octanol–water partition coefficient (Wildman–Crippen LogP) is 5.06. The number of carbonyl (C=O) groups is 1. The standard InChI is InChI=1S/C27H39N5O2/c1-6-21(33)10-8-7-9-11-23(28-14-15-32(3)4)27-29-18-25(31-27)22-16-20-13-12-19(2)30-24(20)17-26(22)34-5/h12-13,16-18,23,28H,6-11,14-15H2,1-5H3,(H,29,31). The number of aromatic nitrogens is 3. The van der Waals surface area contributed by atoms with Gasteiger partial charge in [0.15, 0.2) is 0 Å². The Morgan fingerprint density at radius 1 is 1.21 bits per heavy atom. The Labute approximate surface area is 203 Å². The number of unbranched alkanes of at least 4 members (excludes halogenated alkanes) is 2. The normalized spacial score (nSPS) is 12.4. The first-order valence-corrected chi connectivity index (χ1v) is 12.3. The molecule has 0 aliphatic carbocycles. The zero-order valence-electron chi connectivity index (χ0n) is 21.3. The van der Waals surface area contributed by atoms with Crippen molar-refractivity contribution in [2.45, 2.75) is 58.4 Å². The topological polar surface area (TPSA) is 83.1 Å². The van der Waals surface area contributed by atoms with E-state index in [1.54, 1.807) is 7.11 Å². The van der Waals surface area contributed by atoms with E-state index in [-0.39, 0.29) is 6.04 Å². The van der Waals surface area contributed by atoms with Crippen molar-refractivity contribution in [1.82, 2.24) is 25.2 Å². The second kappa shape index (κ2) is 12.6. The van der Waals surface area contributed by atoms with Gasteiger partial charge in [0.25, 0.3) is 0 Å². The van der Waals surface area contributed by atoms with E-state index in [0.29, 0.717) is 18.6 Å². The molecule has 0 spiro atoms. The van der Waals surface area contributed by atoms with E-state index in [9.17, 15) is 4.79 Å². The lowest BCUT2D eigenvalue weighted by atomic mass is 10.0. The molecule has 0 amide bonds. The number of imidazole rings is 1. The summed E-state index contributed by atoms with van der Waals surface area (Å²) >= 11 is 0. The van der Waals surface area contributed by atoms with Crippen LogP contribution < -0.4 is 10.1 Å². The summed E-state index contributed by atoms with van der Waals surface area (Å²) in [5.74, 6) is 2.06. The van der Waals surface area contributed by atoms with Crippen LogP contribution in [0, 0.1) is 6.92 Å². The van der Waals surface area contributed by atoms with Gasteiger partial charge in [-0.2, -0.15) is 0 Å². The lowest BCUT2D eigenvalue weighted by Gasteiger charge is -2.18. The van der Waals surface area contributed by atoms with Crippen molar-refractivity contribution in [3.05, 3.63) is 42.0 Å². The molecule has 0 saturated carbocycles. The smallest absolute Gasteiger partial charge is 0.132 e. The van der Waals surface area contributed by atoms with Crippen LogP contribution in [0.4, 0.5) is 0 Å². The van der Waals surface area contributed by atoms with Crippen LogP contribution >= 0.6 is 0 Å². The van der Waals surface area contributed by atoms with E-state index in [2.05, 4.69) is 46.4 Å². The highest BCUT2D eigenvalue weighted by atomic mass is 16.5. The summed E-state index contributed by atoms with van der Waals surface area (Å²) < 4.78 is 5.69. The Balaban J connectivity index is 1.76. The van der Waals surface area contributed by atoms with Crippen molar-refractivity contribution in [2.24, 2.45) is 0 Å². The summed E-state index contributed by atoms with van der Waals surface area (Å²) in [6, 6.07) is 8.34. The minimum absolute atomic E-state index is 0.131. The average molecular weight is 466 g/mol. The summed E-state index contributed by atoms with van der Waals surface area (Å²) in [7, 11) is 5.84. The number of pyridine rings is 1. The number of ketones is 1. The highest BCUT2D eigenvalue weighted by Gasteiger charge is 2.17. The molecule has 1 aromatic carbocycles. The molecule has 2 N–H and O–H groups in total. The number of likely N-dealkylation sites (N-methyl/N-ethyl adjacent to an activating group) is 1. The van der Waals surface area contributed by atoms with E-state index in [4.69, 9.17) is 9.72 Å². The summed E-state index contributed by atoms with van der Waals surface area (Å²) in [6.07, 6.45) is 7.25. The number of aryl methyl sites for hydroxylation is 1. The number of methoxy groups -OCH3 is 1. The van der Waals surface area contributed by atoms with Gasteiger partial charge in [-0.15, -0.1) is 0 Å². The SMILES string of the molecule is CCC(=O)CCCCCC(NCCN(C)C)c1ncc(-c2cc3ccc(C)nc3cc2OC)[nH]1. The van der Waals surface area contributed by atoms with Crippen LogP contribution in [0.15, 0.2) is 30.5 Å². The third-order valence-electron chi connectivity index (χ3n) is 6.16. The molecule has 184 valence electrons. The zero-order chi connectivity index (χ0) is 24.5. The molecule has 0 radical (unpaired) electrons. The zero-order valence-corrected chi connectivity index (χ0v) is 21.3. The molecule has 3 aromatic rings. The number of ether oxygens (including phenoxy) is 1. The first-order chi connectivity index (χ1) is 16.4. The number of H-pyrrole nitrogens is 1. The molecule has 7 heteroatoms. The van der Waals surface area contributed by atoms with Crippen molar-refractivity contribution in [3.63, 3.8) is 0 Å². The molecule has 0 aliphatic rings. The molecular weight excluding hydrogens is 426 g/mol. The van der Waals surface area contributed by atoms with E-state index in [1.165, 1.54) is 0 Å². The minimum atomic E-state index is 0.131. The Morgan fingerprint density at radius 3 is 2.76 bits per heavy atom. The maximum Gasteiger partial charge on any atom is 0.132 e. The predicted molar refractivity (Wildman–Crippen MR) is 138 cm³/mol. The molecule has 1 atom stereocenters. The molecule has 0 aliphatic heterocycles. The largest absolute Gasteiger partial charge is 0.496 e. The maximum atomic E-state index is 11.6. The summed E-state index contributed by atoms with van der Waals surface area (Å²) in [5, 5.41) is 4.73. The van der Waals surface area contributed by atoms with Crippen LogP contribution in [0.3, 0.4) is 0 Å². The first kappa shape index (κ1) is 25.8. The number of rotatable bonds is 14. The van der Waals surface area contributed by atoms with Gasteiger partial charge >= 0.3 is 0 Å². The van der Waals surface area contributed by atoms with Gasteiger partial charge in [-0.05, 0) is 46.0 Å². The molecular formula is C27H39N5O2. The Kier molecular flexibility index (Phi) is 9.60. The Morgan fingerprint density at radius 2 is 2.03 bits per heavy atom. The third kappa shape index (κ3) is 7.11. The summed E-state index contributed by atoms with van der Waals surface area (Å²) in [4.78, 5) is 26.7. The van der Waals surface area contributed by atoms with E-state index >= 15 is 0 Å². The number of aromatic amines is 1. The summed E-state index contributed by atoms with van der Waals surface area (Å²) in [6.45, 7) is 5.77. The fraction of sp³-hybridized carbons (Fsp3) is 0.519. The fourth-order valence-electron chi connectivity index (χ4n) is 4.11. The van der Waals surface area contributed by atoms with Crippen LogP contribution in [-0.2, 0) is 4.79 Å². The van der Waals surface area contributed by atoms with Crippen molar-refractivity contribution >= 4 is 16.7 Å².